The van der Waals surface area contributed by atoms with Crippen LogP contribution in [-0.4, -0.2) is 37.2 Å². The molecule has 0 aliphatic heterocycles. The second kappa shape index (κ2) is 9.05. The highest BCUT2D eigenvalue weighted by molar-refractivity contribution is 5.94. The molecule has 150 valence electrons. The summed E-state index contributed by atoms with van der Waals surface area (Å²) in [5, 5.41) is 23.0. The Labute approximate surface area is 166 Å². The summed E-state index contributed by atoms with van der Waals surface area (Å²) in [5.74, 6) is -1.18. The van der Waals surface area contributed by atoms with Crippen LogP contribution in [0.2, 0.25) is 0 Å². The van der Waals surface area contributed by atoms with Gasteiger partial charge in [-0.25, -0.2) is 9.07 Å². The number of carboxylic acid groups (broad SMARTS) is 1. The Kier molecular flexibility index (Phi) is 6.28. The number of hydrogen-bond acceptors (Lipinski definition) is 5. The molecule has 9 heteroatoms. The van der Waals surface area contributed by atoms with Gasteiger partial charge in [-0.05, 0) is 59.2 Å². The Balaban J connectivity index is 1.81. The Bertz CT molecular complexity index is 1020. The maximum atomic E-state index is 13.6. The molecular formula is C20H20FN5O3. The molecule has 0 aliphatic rings. The largest absolute Gasteiger partial charge is 0.481 e. The number of aliphatic carboxylic acids is 1. The molecule has 2 N–H and O–H groups in total. The summed E-state index contributed by atoms with van der Waals surface area (Å²) < 4.78 is 15.0. The van der Waals surface area contributed by atoms with E-state index in [4.69, 9.17) is 5.11 Å². The molecule has 1 heterocycles. The summed E-state index contributed by atoms with van der Waals surface area (Å²) in [7, 11) is 0. The highest BCUT2D eigenvalue weighted by Gasteiger charge is 2.24. The number of aromatic nitrogens is 4. The maximum absolute atomic E-state index is 13.6. The zero-order chi connectivity index (χ0) is 20.8. The van der Waals surface area contributed by atoms with Gasteiger partial charge in [0.2, 0.25) is 5.91 Å². The number of hydrogen-bond donors (Lipinski definition) is 2. The third kappa shape index (κ3) is 5.44. The van der Waals surface area contributed by atoms with Gasteiger partial charge in [-0.15, -0.1) is 5.10 Å². The number of aryl methyl sites for hydroxylation is 2. The Morgan fingerprint density at radius 3 is 2.62 bits per heavy atom. The van der Waals surface area contributed by atoms with Crippen LogP contribution < -0.4 is 5.32 Å². The fourth-order valence-electron chi connectivity index (χ4n) is 2.99. The lowest BCUT2D eigenvalue weighted by molar-refractivity contribution is -0.137. The van der Waals surface area contributed by atoms with Gasteiger partial charge in [-0.2, -0.15) is 0 Å². The molecule has 0 radical (unpaired) electrons. The van der Waals surface area contributed by atoms with Crippen LogP contribution in [0, 0.1) is 12.7 Å². The molecule has 8 nitrogen and oxygen atoms in total. The minimum atomic E-state index is -0.885. The smallest absolute Gasteiger partial charge is 0.303 e. The number of halogens is 1. The van der Waals surface area contributed by atoms with Crippen LogP contribution >= 0.6 is 0 Å². The molecule has 0 saturated carbocycles. The van der Waals surface area contributed by atoms with Crippen LogP contribution in [0.3, 0.4) is 0 Å². The van der Waals surface area contributed by atoms with E-state index in [1.165, 1.54) is 16.8 Å². The highest BCUT2D eigenvalue weighted by atomic mass is 19.1. The number of carboxylic acids is 1. The van der Waals surface area contributed by atoms with Gasteiger partial charge in [0, 0.05) is 18.5 Å². The minimum Gasteiger partial charge on any atom is -0.481 e. The number of nitrogens with one attached hydrogen (secondary N) is 1. The van der Waals surface area contributed by atoms with E-state index < -0.39 is 12.0 Å². The van der Waals surface area contributed by atoms with Crippen molar-refractivity contribution < 1.29 is 19.1 Å². The van der Waals surface area contributed by atoms with Gasteiger partial charge in [0.15, 0.2) is 0 Å². The first-order chi connectivity index (χ1) is 13.9. The van der Waals surface area contributed by atoms with Crippen molar-refractivity contribution in [2.24, 2.45) is 0 Å². The van der Waals surface area contributed by atoms with Gasteiger partial charge in [0.05, 0.1) is 0 Å². The standard InChI is InChI=1S/C20H20FN5O3/c1-13-23-24-25-26(13)18(12-15-5-2-6-16(21)10-15)20(29)22-17-7-3-4-14(11-17)8-9-19(27)28/h2-7,10-11,18H,8-9,12H2,1H3,(H,22,29)(H,27,28). The third-order valence-electron chi connectivity index (χ3n) is 4.40. The van der Waals surface area contributed by atoms with Crippen LogP contribution in [0.25, 0.3) is 0 Å². The van der Waals surface area contributed by atoms with Gasteiger partial charge in [-0.1, -0.05) is 24.3 Å². The van der Waals surface area contributed by atoms with Gasteiger partial charge in [0.1, 0.15) is 17.7 Å². The van der Waals surface area contributed by atoms with Crippen LogP contribution in [0.4, 0.5) is 10.1 Å². The summed E-state index contributed by atoms with van der Waals surface area (Å²) in [6.07, 6.45) is 0.565. The second-order valence-electron chi connectivity index (χ2n) is 6.60. The van der Waals surface area contributed by atoms with Crippen molar-refractivity contribution in [3.63, 3.8) is 0 Å². The van der Waals surface area contributed by atoms with Crippen molar-refractivity contribution in [3.05, 3.63) is 71.3 Å². The average molecular weight is 397 g/mol. The fraction of sp³-hybridized carbons (Fsp3) is 0.250. The molecule has 0 spiro atoms. The predicted octanol–water partition coefficient (Wildman–Crippen LogP) is 2.56. The molecule has 1 aromatic heterocycles. The molecule has 1 amide bonds. The van der Waals surface area contributed by atoms with Crippen LogP contribution in [0.1, 0.15) is 29.4 Å². The molecule has 3 rings (SSSR count). The first-order valence-corrected chi connectivity index (χ1v) is 9.03. The van der Waals surface area contributed by atoms with E-state index in [0.29, 0.717) is 23.5 Å². The molecule has 2 aromatic carbocycles. The van der Waals surface area contributed by atoms with E-state index in [1.54, 1.807) is 43.3 Å². The van der Waals surface area contributed by atoms with E-state index in [1.807, 2.05) is 0 Å². The molecular weight excluding hydrogens is 377 g/mol. The first kappa shape index (κ1) is 20.1. The van der Waals surface area contributed by atoms with Crippen molar-refractivity contribution in [3.8, 4) is 0 Å². The molecule has 29 heavy (non-hydrogen) atoms. The zero-order valence-electron chi connectivity index (χ0n) is 15.7. The fourth-order valence-corrected chi connectivity index (χ4v) is 2.99. The van der Waals surface area contributed by atoms with Crippen LogP contribution in [-0.2, 0) is 22.4 Å². The summed E-state index contributed by atoms with van der Waals surface area (Å²) in [6, 6.07) is 12.2. The first-order valence-electron chi connectivity index (χ1n) is 9.03. The molecule has 1 unspecified atom stereocenters. The lowest BCUT2D eigenvalue weighted by Crippen LogP contribution is -2.29. The Morgan fingerprint density at radius 2 is 1.93 bits per heavy atom. The summed E-state index contributed by atoms with van der Waals surface area (Å²) >= 11 is 0. The number of carbonyl (C=O) groups is 2. The van der Waals surface area contributed by atoms with Crippen LogP contribution in [0.5, 0.6) is 0 Å². The van der Waals surface area contributed by atoms with Gasteiger partial charge < -0.3 is 10.4 Å². The number of amides is 1. The number of rotatable bonds is 8. The Hall–Kier alpha value is -3.62. The zero-order valence-corrected chi connectivity index (χ0v) is 15.7. The van der Waals surface area contributed by atoms with Crippen molar-refractivity contribution in [1.29, 1.82) is 0 Å². The van der Waals surface area contributed by atoms with Gasteiger partial charge in [0.25, 0.3) is 0 Å². The quantitative estimate of drug-likeness (QED) is 0.604. The number of carbonyl (C=O) groups excluding carboxylic acids is 1. The molecule has 0 bridgehead atoms. The van der Waals surface area contributed by atoms with E-state index in [0.717, 1.165) is 5.56 Å². The van der Waals surface area contributed by atoms with Crippen molar-refractivity contribution in [2.45, 2.75) is 32.2 Å². The average Bonchev–Trinajstić information content (AvgIpc) is 3.10. The third-order valence-corrected chi connectivity index (χ3v) is 4.40. The molecule has 0 aliphatic carbocycles. The SMILES string of the molecule is Cc1nnnn1C(Cc1cccc(F)c1)C(=O)Nc1cccc(CCC(=O)O)c1. The molecule has 0 fully saturated rings. The minimum absolute atomic E-state index is 0.00339. The van der Waals surface area contributed by atoms with Gasteiger partial charge >= 0.3 is 5.97 Å². The Morgan fingerprint density at radius 1 is 1.17 bits per heavy atom. The maximum Gasteiger partial charge on any atom is 0.303 e. The summed E-state index contributed by atoms with van der Waals surface area (Å²) in [5.41, 5.74) is 1.97. The predicted molar refractivity (Wildman–Crippen MR) is 103 cm³/mol. The molecule has 0 saturated heterocycles. The number of benzene rings is 2. The monoisotopic (exact) mass is 397 g/mol. The van der Waals surface area contributed by atoms with Gasteiger partial charge in [-0.3, -0.25) is 9.59 Å². The topological polar surface area (TPSA) is 110 Å². The number of tetrazole rings is 1. The molecule has 3 aromatic rings. The number of anilines is 1. The lowest BCUT2D eigenvalue weighted by atomic mass is 10.0. The van der Waals surface area contributed by atoms with Crippen LogP contribution in [0.15, 0.2) is 48.5 Å². The van der Waals surface area contributed by atoms with Crippen molar-refractivity contribution >= 4 is 17.6 Å². The van der Waals surface area contributed by atoms with E-state index in [-0.39, 0.29) is 24.6 Å². The summed E-state index contributed by atoms with van der Waals surface area (Å²) in [4.78, 5) is 23.8. The lowest BCUT2D eigenvalue weighted by Gasteiger charge is -2.18. The van der Waals surface area contributed by atoms with E-state index >= 15 is 0 Å². The number of nitrogens with zero attached hydrogens (tertiary/aromatic N) is 4. The van der Waals surface area contributed by atoms with Crippen molar-refractivity contribution in [1.82, 2.24) is 20.2 Å². The summed E-state index contributed by atoms with van der Waals surface area (Å²) in [6.45, 7) is 1.68. The highest BCUT2D eigenvalue weighted by Crippen LogP contribution is 2.19. The molecule has 1 atom stereocenters. The second-order valence-corrected chi connectivity index (χ2v) is 6.60. The van der Waals surface area contributed by atoms with Crippen molar-refractivity contribution in [2.75, 3.05) is 5.32 Å². The van der Waals surface area contributed by atoms with E-state index in [2.05, 4.69) is 20.8 Å². The normalized spacial score (nSPS) is 11.8. The van der Waals surface area contributed by atoms with E-state index in [9.17, 15) is 14.0 Å².